The highest BCUT2D eigenvalue weighted by molar-refractivity contribution is 7.99. The second kappa shape index (κ2) is 11.4. The molecule has 0 spiro atoms. The summed E-state index contributed by atoms with van der Waals surface area (Å²) in [5, 5.41) is 3.97. The zero-order valence-corrected chi connectivity index (χ0v) is 20.0. The number of ether oxygens (including phenoxy) is 1. The molecule has 3 rings (SSSR count). The van der Waals surface area contributed by atoms with E-state index in [1.165, 1.54) is 16.1 Å². The molecule has 0 unspecified atom stereocenters. The normalized spacial score (nSPS) is 14.5. The van der Waals surface area contributed by atoms with Crippen LogP contribution in [0.4, 0.5) is 0 Å². The predicted octanol–water partition coefficient (Wildman–Crippen LogP) is 4.21. The van der Waals surface area contributed by atoms with Crippen molar-refractivity contribution in [2.75, 3.05) is 32.0 Å². The quantitative estimate of drug-likeness (QED) is 0.492. The minimum atomic E-state index is -3.42. The molecule has 1 saturated heterocycles. The van der Waals surface area contributed by atoms with Crippen molar-refractivity contribution >= 4 is 50.9 Å². The van der Waals surface area contributed by atoms with Crippen LogP contribution < -0.4 is 10.1 Å². The Bertz CT molecular complexity index is 995. The van der Waals surface area contributed by atoms with Gasteiger partial charge in [0, 0.05) is 28.9 Å². The number of hydrogen-bond acceptors (Lipinski definition) is 5. The molecule has 0 bridgehead atoms. The lowest BCUT2D eigenvalue weighted by Crippen LogP contribution is -2.29. The first-order valence-electron chi connectivity index (χ1n) is 9.87. The minimum Gasteiger partial charge on any atom is -0.492 e. The summed E-state index contributed by atoms with van der Waals surface area (Å²) in [6, 6.07) is 11.7. The number of nitrogens with zero attached hydrogens (tertiary/aromatic N) is 1. The van der Waals surface area contributed by atoms with Crippen LogP contribution in [0.3, 0.4) is 0 Å². The van der Waals surface area contributed by atoms with Gasteiger partial charge in [-0.1, -0.05) is 29.3 Å². The third-order valence-electron chi connectivity index (χ3n) is 4.73. The molecule has 1 N–H and O–H groups in total. The minimum absolute atomic E-state index is 0.0919. The van der Waals surface area contributed by atoms with Gasteiger partial charge in [-0.25, -0.2) is 8.42 Å². The molecule has 2 aromatic rings. The average Bonchev–Trinajstić information content (AvgIpc) is 3.29. The first-order valence-corrected chi connectivity index (χ1v) is 13.2. The summed E-state index contributed by atoms with van der Waals surface area (Å²) in [5.41, 5.74) is 0.933. The van der Waals surface area contributed by atoms with E-state index in [9.17, 15) is 13.2 Å². The number of nitrogens with one attached hydrogen (secondary N) is 1. The molecule has 0 aliphatic carbocycles. The molecule has 10 heteroatoms. The highest BCUT2D eigenvalue weighted by Crippen LogP contribution is 2.25. The summed E-state index contributed by atoms with van der Waals surface area (Å²) >= 11 is 13.5. The van der Waals surface area contributed by atoms with Crippen LogP contribution >= 0.6 is 35.0 Å². The first kappa shape index (κ1) is 24.2. The molecule has 1 aliphatic rings. The maximum atomic E-state index is 12.5. The molecule has 0 atom stereocenters. The number of thioether (sulfide) groups is 1. The van der Waals surface area contributed by atoms with E-state index in [4.69, 9.17) is 27.9 Å². The number of amides is 1. The van der Waals surface area contributed by atoms with Crippen molar-refractivity contribution in [2.45, 2.75) is 23.5 Å². The molecule has 0 radical (unpaired) electrons. The Morgan fingerprint density at radius 2 is 1.81 bits per heavy atom. The summed E-state index contributed by atoms with van der Waals surface area (Å²) in [7, 11) is -3.42. The van der Waals surface area contributed by atoms with Crippen LogP contribution in [0.2, 0.25) is 10.0 Å². The molecule has 0 saturated carbocycles. The average molecular weight is 503 g/mol. The van der Waals surface area contributed by atoms with Gasteiger partial charge in [0.25, 0.3) is 0 Å². The van der Waals surface area contributed by atoms with Crippen molar-refractivity contribution in [1.82, 2.24) is 9.62 Å². The smallest absolute Gasteiger partial charge is 0.243 e. The Hall–Kier alpha value is -1.45. The van der Waals surface area contributed by atoms with E-state index in [0.29, 0.717) is 46.9 Å². The lowest BCUT2D eigenvalue weighted by Gasteiger charge is -2.15. The number of halogens is 2. The monoisotopic (exact) mass is 502 g/mol. The second-order valence-corrected chi connectivity index (χ2v) is 10.8. The Kier molecular flexibility index (Phi) is 8.92. The Labute approximate surface area is 197 Å². The van der Waals surface area contributed by atoms with Crippen LogP contribution in [0.25, 0.3) is 0 Å². The molecule has 2 aromatic carbocycles. The molecule has 31 heavy (non-hydrogen) atoms. The van der Waals surface area contributed by atoms with E-state index in [2.05, 4.69) is 5.32 Å². The maximum absolute atomic E-state index is 12.5. The van der Waals surface area contributed by atoms with E-state index in [1.807, 2.05) is 6.07 Å². The van der Waals surface area contributed by atoms with Gasteiger partial charge in [0.1, 0.15) is 12.4 Å². The van der Waals surface area contributed by atoms with Crippen LogP contribution in [-0.4, -0.2) is 50.6 Å². The zero-order chi connectivity index (χ0) is 22.3. The van der Waals surface area contributed by atoms with Gasteiger partial charge in [-0.2, -0.15) is 4.31 Å². The standard InChI is InChI=1S/C21H24Cl2N2O4S2/c22-17-4-3-16(20(23)13-17)14-30-15-21(26)24-9-12-29-18-5-7-19(8-6-18)31(27,28)25-10-1-2-11-25/h3-8,13H,1-2,9-12,14-15H2,(H,24,26). The number of rotatable bonds is 10. The van der Waals surface area contributed by atoms with E-state index < -0.39 is 10.0 Å². The Balaban J connectivity index is 1.35. The van der Waals surface area contributed by atoms with Crippen LogP contribution in [0.5, 0.6) is 5.75 Å². The zero-order valence-electron chi connectivity index (χ0n) is 16.9. The van der Waals surface area contributed by atoms with Crippen LogP contribution in [-0.2, 0) is 20.6 Å². The summed E-state index contributed by atoms with van der Waals surface area (Å²) < 4.78 is 32.1. The van der Waals surface area contributed by atoms with Gasteiger partial charge in [-0.05, 0) is 54.8 Å². The molecule has 1 amide bonds. The molecule has 168 valence electrons. The molecule has 1 heterocycles. The molecular weight excluding hydrogens is 479 g/mol. The largest absolute Gasteiger partial charge is 0.492 e. The van der Waals surface area contributed by atoms with Crippen molar-refractivity contribution in [3.63, 3.8) is 0 Å². The van der Waals surface area contributed by atoms with Crippen molar-refractivity contribution in [3.8, 4) is 5.75 Å². The highest BCUT2D eigenvalue weighted by atomic mass is 35.5. The van der Waals surface area contributed by atoms with Crippen molar-refractivity contribution in [1.29, 1.82) is 0 Å². The maximum Gasteiger partial charge on any atom is 0.243 e. The fraction of sp³-hybridized carbons (Fsp3) is 0.381. The van der Waals surface area contributed by atoms with Gasteiger partial charge in [-0.3, -0.25) is 4.79 Å². The first-order chi connectivity index (χ1) is 14.9. The third-order valence-corrected chi connectivity index (χ3v) is 8.21. The number of carbonyl (C=O) groups excluding carboxylic acids is 1. The summed E-state index contributed by atoms with van der Waals surface area (Å²) in [4.78, 5) is 12.2. The molecule has 1 fully saturated rings. The van der Waals surface area contributed by atoms with E-state index in [0.717, 1.165) is 18.4 Å². The van der Waals surface area contributed by atoms with Gasteiger partial charge in [0.05, 0.1) is 17.2 Å². The Morgan fingerprint density at radius 3 is 2.48 bits per heavy atom. The topological polar surface area (TPSA) is 75.7 Å². The molecule has 0 aromatic heterocycles. The summed E-state index contributed by atoms with van der Waals surface area (Å²) in [5.74, 6) is 1.39. The van der Waals surface area contributed by atoms with E-state index in [1.54, 1.807) is 36.4 Å². The molecule has 1 aliphatic heterocycles. The van der Waals surface area contributed by atoms with Crippen LogP contribution in [0, 0.1) is 0 Å². The van der Waals surface area contributed by atoms with Gasteiger partial charge < -0.3 is 10.1 Å². The SMILES string of the molecule is O=C(CSCc1ccc(Cl)cc1Cl)NCCOc1ccc(S(=O)(=O)N2CCCC2)cc1. The Morgan fingerprint density at radius 1 is 1.10 bits per heavy atom. The summed E-state index contributed by atoms with van der Waals surface area (Å²) in [6.45, 7) is 1.79. The van der Waals surface area contributed by atoms with Gasteiger partial charge in [-0.15, -0.1) is 11.8 Å². The number of benzene rings is 2. The van der Waals surface area contributed by atoms with Crippen molar-refractivity contribution < 1.29 is 17.9 Å². The number of carbonyl (C=O) groups is 1. The highest BCUT2D eigenvalue weighted by Gasteiger charge is 2.26. The molecule has 6 nitrogen and oxygen atoms in total. The van der Waals surface area contributed by atoms with Crippen molar-refractivity contribution in [2.24, 2.45) is 0 Å². The third kappa shape index (κ3) is 7.02. The number of hydrogen-bond donors (Lipinski definition) is 1. The van der Waals surface area contributed by atoms with Gasteiger partial charge in [0.2, 0.25) is 15.9 Å². The van der Waals surface area contributed by atoms with E-state index >= 15 is 0 Å². The second-order valence-electron chi connectivity index (χ2n) is 7.01. The number of sulfonamides is 1. The molecular formula is C21H24Cl2N2O4S2. The lowest BCUT2D eigenvalue weighted by molar-refractivity contribution is -0.118. The van der Waals surface area contributed by atoms with E-state index in [-0.39, 0.29) is 17.4 Å². The van der Waals surface area contributed by atoms with Gasteiger partial charge in [0.15, 0.2) is 0 Å². The fourth-order valence-corrected chi connectivity index (χ4v) is 6.02. The lowest BCUT2D eigenvalue weighted by atomic mass is 10.2. The summed E-state index contributed by atoms with van der Waals surface area (Å²) in [6.07, 6.45) is 1.80. The van der Waals surface area contributed by atoms with Crippen LogP contribution in [0.15, 0.2) is 47.4 Å². The van der Waals surface area contributed by atoms with Gasteiger partial charge >= 0.3 is 0 Å². The van der Waals surface area contributed by atoms with Crippen molar-refractivity contribution in [3.05, 3.63) is 58.1 Å². The van der Waals surface area contributed by atoms with Crippen LogP contribution in [0.1, 0.15) is 18.4 Å². The predicted molar refractivity (Wildman–Crippen MR) is 126 cm³/mol. The fourth-order valence-electron chi connectivity index (χ4n) is 3.09.